The van der Waals surface area contributed by atoms with Gasteiger partial charge in [0.05, 0.1) is 19.6 Å². The molecule has 1 amide bonds. The van der Waals surface area contributed by atoms with Gasteiger partial charge in [0.15, 0.2) is 11.5 Å². The summed E-state index contributed by atoms with van der Waals surface area (Å²) in [6.45, 7) is 3.04. The Morgan fingerprint density at radius 3 is 2.71 bits per heavy atom. The van der Waals surface area contributed by atoms with E-state index in [1.54, 1.807) is 7.11 Å². The molecule has 0 radical (unpaired) electrons. The second-order valence-corrected chi connectivity index (χ2v) is 5.69. The van der Waals surface area contributed by atoms with Gasteiger partial charge in [-0.2, -0.15) is 0 Å². The van der Waals surface area contributed by atoms with Crippen molar-refractivity contribution in [3.63, 3.8) is 0 Å². The van der Waals surface area contributed by atoms with Crippen LogP contribution in [-0.4, -0.2) is 26.2 Å². The maximum absolute atomic E-state index is 12.3. The van der Waals surface area contributed by atoms with Crippen molar-refractivity contribution in [2.24, 2.45) is 0 Å². The van der Waals surface area contributed by atoms with Gasteiger partial charge in [-0.05, 0) is 30.7 Å². The summed E-state index contributed by atoms with van der Waals surface area (Å²) in [5.41, 5.74) is 1.85. The lowest BCUT2D eigenvalue weighted by Crippen LogP contribution is -2.28. The first-order valence-corrected chi connectivity index (χ1v) is 7.98. The quantitative estimate of drug-likeness (QED) is 0.917. The predicted octanol–water partition coefficient (Wildman–Crippen LogP) is 2.89. The number of carbonyl (C=O) groups excluding carboxylic acids is 1. The molecule has 0 fully saturated rings. The van der Waals surface area contributed by atoms with Crippen molar-refractivity contribution in [1.29, 1.82) is 0 Å². The smallest absolute Gasteiger partial charge is 0.224 e. The molecule has 0 bridgehead atoms. The molecule has 126 valence electrons. The maximum atomic E-state index is 12.3. The van der Waals surface area contributed by atoms with Crippen molar-refractivity contribution in [3.05, 3.63) is 53.6 Å². The zero-order valence-electron chi connectivity index (χ0n) is 13.9. The summed E-state index contributed by atoms with van der Waals surface area (Å²) in [6, 6.07) is 13.1. The summed E-state index contributed by atoms with van der Waals surface area (Å²) in [7, 11) is 1.63. The van der Waals surface area contributed by atoms with Gasteiger partial charge in [-0.15, -0.1) is 0 Å². The van der Waals surface area contributed by atoms with Crippen LogP contribution in [0.15, 0.2) is 42.5 Å². The number of fused-ring (bicyclic) bond motifs is 1. The van der Waals surface area contributed by atoms with E-state index in [0.717, 1.165) is 22.6 Å². The van der Waals surface area contributed by atoms with Crippen LogP contribution in [-0.2, 0) is 11.2 Å². The van der Waals surface area contributed by atoms with Gasteiger partial charge in [0.25, 0.3) is 0 Å². The van der Waals surface area contributed by atoms with E-state index in [1.807, 2.05) is 49.4 Å². The monoisotopic (exact) mass is 327 g/mol. The first-order valence-electron chi connectivity index (χ1n) is 7.98. The minimum absolute atomic E-state index is 0.0508. The fraction of sp³-hybridized carbons (Fsp3) is 0.316. The van der Waals surface area contributed by atoms with Crippen molar-refractivity contribution in [2.45, 2.75) is 19.4 Å². The minimum Gasteiger partial charge on any atom is -0.496 e. The third-order valence-electron chi connectivity index (χ3n) is 3.95. The maximum Gasteiger partial charge on any atom is 0.224 e. The standard InChI is InChI=1S/C19H21NO4/c1-13(15-5-3-4-6-16(15)22-2)20-19(21)12-14-7-8-17-18(11-14)24-10-9-23-17/h3-8,11,13H,9-10,12H2,1-2H3,(H,20,21). The molecule has 2 aromatic rings. The number of benzene rings is 2. The molecule has 5 heteroatoms. The summed E-state index contributed by atoms with van der Waals surface area (Å²) in [5, 5.41) is 3.01. The van der Waals surface area contributed by atoms with E-state index in [1.165, 1.54) is 0 Å². The Morgan fingerprint density at radius 1 is 1.17 bits per heavy atom. The van der Waals surface area contributed by atoms with Crippen LogP contribution in [0.1, 0.15) is 24.1 Å². The number of carbonyl (C=O) groups is 1. The van der Waals surface area contributed by atoms with Crippen LogP contribution in [0.3, 0.4) is 0 Å². The number of hydrogen-bond acceptors (Lipinski definition) is 4. The molecular weight excluding hydrogens is 306 g/mol. The van der Waals surface area contributed by atoms with Gasteiger partial charge in [-0.1, -0.05) is 24.3 Å². The lowest BCUT2D eigenvalue weighted by molar-refractivity contribution is -0.121. The van der Waals surface area contributed by atoms with Crippen LogP contribution < -0.4 is 19.5 Å². The van der Waals surface area contributed by atoms with Crippen LogP contribution in [0.4, 0.5) is 0 Å². The Balaban J connectivity index is 1.65. The minimum atomic E-state index is -0.133. The Bertz CT molecular complexity index is 729. The highest BCUT2D eigenvalue weighted by molar-refractivity contribution is 5.79. The van der Waals surface area contributed by atoms with Gasteiger partial charge in [0, 0.05) is 5.56 Å². The number of methoxy groups -OCH3 is 1. The first kappa shape index (κ1) is 16.2. The molecule has 0 aliphatic carbocycles. The lowest BCUT2D eigenvalue weighted by atomic mass is 10.1. The largest absolute Gasteiger partial charge is 0.496 e. The highest BCUT2D eigenvalue weighted by Crippen LogP contribution is 2.31. The molecule has 2 aromatic carbocycles. The molecule has 24 heavy (non-hydrogen) atoms. The molecule has 0 spiro atoms. The topological polar surface area (TPSA) is 56.8 Å². The molecule has 0 aromatic heterocycles. The SMILES string of the molecule is COc1ccccc1C(C)NC(=O)Cc1ccc2c(c1)OCCO2. The van der Waals surface area contributed by atoms with Gasteiger partial charge in [-0.25, -0.2) is 0 Å². The Labute approximate surface area is 141 Å². The van der Waals surface area contributed by atoms with E-state index < -0.39 is 0 Å². The molecule has 0 saturated carbocycles. The average molecular weight is 327 g/mol. The Hall–Kier alpha value is -2.69. The average Bonchev–Trinajstić information content (AvgIpc) is 2.61. The van der Waals surface area contributed by atoms with E-state index in [9.17, 15) is 4.79 Å². The van der Waals surface area contributed by atoms with Crippen LogP contribution in [0.5, 0.6) is 17.2 Å². The van der Waals surface area contributed by atoms with Crippen molar-refractivity contribution >= 4 is 5.91 Å². The molecule has 5 nitrogen and oxygen atoms in total. The number of rotatable bonds is 5. The molecule has 3 rings (SSSR count). The van der Waals surface area contributed by atoms with E-state index in [0.29, 0.717) is 19.0 Å². The summed E-state index contributed by atoms with van der Waals surface area (Å²) < 4.78 is 16.4. The van der Waals surface area contributed by atoms with Gasteiger partial charge >= 0.3 is 0 Å². The fourth-order valence-corrected chi connectivity index (χ4v) is 2.78. The molecule has 1 atom stereocenters. The zero-order valence-corrected chi connectivity index (χ0v) is 13.9. The lowest BCUT2D eigenvalue weighted by Gasteiger charge is -2.19. The summed E-state index contributed by atoms with van der Waals surface area (Å²) in [4.78, 5) is 12.3. The second-order valence-electron chi connectivity index (χ2n) is 5.69. The molecular formula is C19H21NO4. The number of ether oxygens (including phenoxy) is 3. The summed E-state index contributed by atoms with van der Waals surface area (Å²) in [6.07, 6.45) is 0.288. The molecule has 1 unspecified atom stereocenters. The van der Waals surface area contributed by atoms with E-state index in [-0.39, 0.29) is 18.4 Å². The van der Waals surface area contributed by atoms with Gasteiger partial charge in [0.1, 0.15) is 19.0 Å². The Kier molecular flexibility index (Phi) is 4.89. The van der Waals surface area contributed by atoms with Crippen molar-refractivity contribution in [1.82, 2.24) is 5.32 Å². The predicted molar refractivity (Wildman–Crippen MR) is 90.7 cm³/mol. The van der Waals surface area contributed by atoms with E-state index in [2.05, 4.69) is 5.32 Å². The van der Waals surface area contributed by atoms with Gasteiger partial charge in [0.2, 0.25) is 5.91 Å². The third-order valence-corrected chi connectivity index (χ3v) is 3.95. The fourth-order valence-electron chi connectivity index (χ4n) is 2.78. The number of hydrogen-bond donors (Lipinski definition) is 1. The molecule has 1 heterocycles. The van der Waals surface area contributed by atoms with Crippen molar-refractivity contribution < 1.29 is 19.0 Å². The van der Waals surface area contributed by atoms with Crippen molar-refractivity contribution in [3.8, 4) is 17.2 Å². The summed E-state index contributed by atoms with van der Waals surface area (Å²) >= 11 is 0. The Morgan fingerprint density at radius 2 is 1.92 bits per heavy atom. The second kappa shape index (κ2) is 7.25. The third kappa shape index (κ3) is 3.62. The molecule has 0 saturated heterocycles. The normalized spacial score (nSPS) is 13.9. The molecule has 1 aliphatic rings. The first-order chi connectivity index (χ1) is 11.7. The van der Waals surface area contributed by atoms with E-state index in [4.69, 9.17) is 14.2 Å². The van der Waals surface area contributed by atoms with Crippen molar-refractivity contribution in [2.75, 3.05) is 20.3 Å². The van der Waals surface area contributed by atoms with Gasteiger partial charge in [-0.3, -0.25) is 4.79 Å². The zero-order chi connectivity index (χ0) is 16.9. The highest BCUT2D eigenvalue weighted by Gasteiger charge is 2.16. The van der Waals surface area contributed by atoms with Crippen LogP contribution >= 0.6 is 0 Å². The van der Waals surface area contributed by atoms with Crippen LogP contribution in [0.2, 0.25) is 0 Å². The van der Waals surface area contributed by atoms with Crippen LogP contribution in [0.25, 0.3) is 0 Å². The number of nitrogens with one attached hydrogen (secondary N) is 1. The summed E-state index contributed by atoms with van der Waals surface area (Å²) in [5.74, 6) is 2.15. The molecule has 1 aliphatic heterocycles. The number of para-hydroxylation sites is 1. The van der Waals surface area contributed by atoms with Gasteiger partial charge < -0.3 is 19.5 Å². The molecule has 1 N–H and O–H groups in total. The highest BCUT2D eigenvalue weighted by atomic mass is 16.6. The number of amides is 1. The van der Waals surface area contributed by atoms with Crippen LogP contribution in [0, 0.1) is 0 Å². The van der Waals surface area contributed by atoms with E-state index >= 15 is 0 Å².